The highest BCUT2D eigenvalue weighted by atomic mass is 19.1. The molecule has 3 rings (SSSR count). The van der Waals surface area contributed by atoms with Crippen molar-refractivity contribution in [1.29, 1.82) is 0 Å². The Balaban J connectivity index is 1.68. The number of nitrogens with one attached hydrogen (secondary N) is 1. The van der Waals surface area contributed by atoms with E-state index in [1.54, 1.807) is 29.2 Å². The van der Waals surface area contributed by atoms with Gasteiger partial charge in [0.15, 0.2) is 5.82 Å². The fourth-order valence-electron chi connectivity index (χ4n) is 3.09. The lowest BCUT2D eigenvalue weighted by atomic mass is 10.0. The van der Waals surface area contributed by atoms with Gasteiger partial charge < -0.3 is 10.2 Å². The van der Waals surface area contributed by atoms with E-state index >= 15 is 0 Å². The number of carbonyl (C=O) groups is 2. The largest absolute Gasteiger partial charge is 0.350 e. The number of hydrogen-bond acceptors (Lipinski definition) is 3. The molecule has 2 amide bonds. The van der Waals surface area contributed by atoms with E-state index in [1.807, 2.05) is 6.07 Å². The van der Waals surface area contributed by atoms with Crippen LogP contribution in [-0.4, -0.2) is 40.8 Å². The first-order valence-electron chi connectivity index (χ1n) is 8.40. The Morgan fingerprint density at radius 3 is 2.76 bits per heavy atom. The van der Waals surface area contributed by atoms with Crippen LogP contribution in [0, 0.1) is 5.82 Å². The second kappa shape index (κ2) is 7.88. The van der Waals surface area contributed by atoms with Crippen molar-refractivity contribution in [1.82, 2.24) is 15.2 Å². The fraction of sp³-hybridized carbons (Fsp3) is 0.316. The summed E-state index contributed by atoms with van der Waals surface area (Å²) in [6.07, 6.45) is 5.10. The standard InChI is InChI=1S/C19H20FN3O2/c20-17-13-21-10-9-16(17)19(25)23-11-5-4-8-15(23)12-22-18(24)14-6-2-1-3-7-14/h1-3,6-7,9-10,13,15H,4-5,8,11-12H2,(H,22,24)/t15-/m0/s1. The molecule has 1 aliphatic heterocycles. The van der Waals surface area contributed by atoms with Gasteiger partial charge in [0, 0.05) is 30.9 Å². The number of carbonyl (C=O) groups excluding carboxylic acids is 2. The SMILES string of the molecule is O=C(NC[C@@H]1CCCCN1C(=O)c1ccncc1F)c1ccccc1. The maximum atomic E-state index is 13.9. The molecule has 1 saturated heterocycles. The minimum Gasteiger partial charge on any atom is -0.350 e. The Bertz CT molecular complexity index is 751. The number of hydrogen-bond donors (Lipinski definition) is 1. The van der Waals surface area contributed by atoms with E-state index in [0.717, 1.165) is 25.5 Å². The van der Waals surface area contributed by atoms with Crippen LogP contribution >= 0.6 is 0 Å². The van der Waals surface area contributed by atoms with Gasteiger partial charge in [0.25, 0.3) is 11.8 Å². The lowest BCUT2D eigenvalue weighted by Crippen LogP contribution is -2.49. The molecule has 5 nitrogen and oxygen atoms in total. The molecule has 1 fully saturated rings. The van der Waals surface area contributed by atoms with Gasteiger partial charge in [0.1, 0.15) is 0 Å². The lowest BCUT2D eigenvalue weighted by Gasteiger charge is -2.36. The van der Waals surface area contributed by atoms with Crippen LogP contribution < -0.4 is 5.32 Å². The number of halogens is 1. The molecule has 0 spiro atoms. The van der Waals surface area contributed by atoms with Gasteiger partial charge in [-0.15, -0.1) is 0 Å². The first-order valence-corrected chi connectivity index (χ1v) is 8.40. The first-order chi connectivity index (χ1) is 12.2. The molecule has 1 aromatic carbocycles. The van der Waals surface area contributed by atoms with Gasteiger partial charge in [-0.05, 0) is 37.5 Å². The Kier molecular flexibility index (Phi) is 5.38. The Labute approximate surface area is 145 Å². The van der Waals surface area contributed by atoms with Crippen molar-refractivity contribution >= 4 is 11.8 Å². The highest BCUT2D eigenvalue weighted by Gasteiger charge is 2.29. The number of piperidine rings is 1. The zero-order valence-electron chi connectivity index (χ0n) is 13.8. The quantitative estimate of drug-likeness (QED) is 0.930. The Morgan fingerprint density at radius 2 is 2.00 bits per heavy atom. The summed E-state index contributed by atoms with van der Waals surface area (Å²) in [6.45, 7) is 0.915. The van der Waals surface area contributed by atoms with E-state index in [4.69, 9.17) is 0 Å². The number of nitrogens with zero attached hydrogens (tertiary/aromatic N) is 2. The van der Waals surface area contributed by atoms with Gasteiger partial charge in [-0.25, -0.2) is 4.39 Å². The molecule has 1 aromatic heterocycles. The van der Waals surface area contributed by atoms with Gasteiger partial charge >= 0.3 is 0 Å². The summed E-state index contributed by atoms with van der Waals surface area (Å²) in [5, 5.41) is 2.88. The maximum Gasteiger partial charge on any atom is 0.257 e. The van der Waals surface area contributed by atoms with Crippen molar-refractivity contribution in [3.05, 3.63) is 65.7 Å². The van der Waals surface area contributed by atoms with Crippen LogP contribution in [-0.2, 0) is 0 Å². The fourth-order valence-corrected chi connectivity index (χ4v) is 3.09. The van der Waals surface area contributed by atoms with Crippen molar-refractivity contribution in [2.24, 2.45) is 0 Å². The predicted octanol–water partition coefficient (Wildman–Crippen LogP) is 2.65. The van der Waals surface area contributed by atoms with E-state index < -0.39 is 5.82 Å². The maximum absolute atomic E-state index is 13.9. The summed E-state index contributed by atoms with van der Waals surface area (Å²) in [7, 11) is 0. The molecule has 1 atom stereocenters. The smallest absolute Gasteiger partial charge is 0.257 e. The highest BCUT2D eigenvalue weighted by Crippen LogP contribution is 2.20. The molecule has 6 heteroatoms. The molecule has 0 saturated carbocycles. The van der Waals surface area contributed by atoms with Crippen molar-refractivity contribution in [2.75, 3.05) is 13.1 Å². The molecule has 0 radical (unpaired) electrons. The molecule has 0 bridgehead atoms. The third kappa shape index (κ3) is 4.02. The average Bonchev–Trinajstić information content (AvgIpc) is 2.67. The number of benzene rings is 1. The number of aromatic nitrogens is 1. The summed E-state index contributed by atoms with van der Waals surface area (Å²) in [5.74, 6) is -1.14. The van der Waals surface area contributed by atoms with E-state index in [1.165, 1.54) is 12.3 Å². The van der Waals surface area contributed by atoms with Crippen LogP contribution in [0.2, 0.25) is 0 Å². The minimum absolute atomic E-state index is 0.0243. The summed E-state index contributed by atoms with van der Waals surface area (Å²) >= 11 is 0. The molecule has 2 aromatic rings. The summed E-state index contributed by atoms with van der Waals surface area (Å²) in [5.41, 5.74) is 0.604. The van der Waals surface area contributed by atoms with Crippen molar-refractivity contribution < 1.29 is 14.0 Å². The van der Waals surface area contributed by atoms with Gasteiger partial charge in [-0.2, -0.15) is 0 Å². The normalized spacial score (nSPS) is 17.2. The van der Waals surface area contributed by atoms with Crippen LogP contribution in [0.3, 0.4) is 0 Å². The number of pyridine rings is 1. The average molecular weight is 341 g/mol. The van der Waals surface area contributed by atoms with Crippen molar-refractivity contribution in [3.8, 4) is 0 Å². The van der Waals surface area contributed by atoms with E-state index in [0.29, 0.717) is 18.7 Å². The summed E-state index contributed by atoms with van der Waals surface area (Å²) in [6, 6.07) is 10.2. The topological polar surface area (TPSA) is 62.3 Å². The predicted molar refractivity (Wildman–Crippen MR) is 91.6 cm³/mol. The summed E-state index contributed by atoms with van der Waals surface area (Å²) in [4.78, 5) is 30.2. The second-order valence-corrected chi connectivity index (χ2v) is 6.08. The van der Waals surface area contributed by atoms with Crippen LogP contribution in [0.15, 0.2) is 48.8 Å². The molecule has 0 aliphatic carbocycles. The van der Waals surface area contributed by atoms with Gasteiger partial charge in [0.05, 0.1) is 11.8 Å². The third-order valence-corrected chi connectivity index (χ3v) is 4.43. The van der Waals surface area contributed by atoms with Crippen LogP contribution in [0.25, 0.3) is 0 Å². The molecule has 1 aliphatic rings. The molecular weight excluding hydrogens is 321 g/mol. The molecular formula is C19H20FN3O2. The molecule has 130 valence electrons. The second-order valence-electron chi connectivity index (χ2n) is 6.08. The van der Waals surface area contributed by atoms with Crippen LogP contribution in [0.1, 0.15) is 40.0 Å². The summed E-state index contributed by atoms with van der Waals surface area (Å²) < 4.78 is 13.9. The zero-order valence-corrected chi connectivity index (χ0v) is 13.8. The number of rotatable bonds is 4. The first kappa shape index (κ1) is 17.1. The molecule has 2 heterocycles. The third-order valence-electron chi connectivity index (χ3n) is 4.43. The zero-order chi connectivity index (χ0) is 17.6. The Hall–Kier alpha value is -2.76. The minimum atomic E-state index is -0.620. The monoisotopic (exact) mass is 341 g/mol. The van der Waals surface area contributed by atoms with E-state index in [9.17, 15) is 14.0 Å². The molecule has 0 unspecified atom stereocenters. The van der Waals surface area contributed by atoms with Gasteiger partial charge in [0.2, 0.25) is 0 Å². The Morgan fingerprint density at radius 1 is 1.20 bits per heavy atom. The van der Waals surface area contributed by atoms with Crippen molar-refractivity contribution in [3.63, 3.8) is 0 Å². The number of likely N-dealkylation sites (tertiary alicyclic amines) is 1. The van der Waals surface area contributed by atoms with Gasteiger partial charge in [-0.3, -0.25) is 14.6 Å². The van der Waals surface area contributed by atoms with Gasteiger partial charge in [-0.1, -0.05) is 18.2 Å². The van der Waals surface area contributed by atoms with Crippen LogP contribution in [0.5, 0.6) is 0 Å². The molecule has 25 heavy (non-hydrogen) atoms. The molecule has 1 N–H and O–H groups in total. The lowest BCUT2D eigenvalue weighted by molar-refractivity contribution is 0.0597. The van der Waals surface area contributed by atoms with E-state index in [2.05, 4.69) is 10.3 Å². The van der Waals surface area contributed by atoms with E-state index in [-0.39, 0.29) is 23.4 Å². The number of amides is 2. The van der Waals surface area contributed by atoms with Crippen LogP contribution in [0.4, 0.5) is 4.39 Å². The highest BCUT2D eigenvalue weighted by molar-refractivity contribution is 5.95. The van der Waals surface area contributed by atoms with Crippen molar-refractivity contribution in [2.45, 2.75) is 25.3 Å².